The van der Waals surface area contributed by atoms with Gasteiger partial charge in [0.05, 0.1) is 22.1 Å². The Morgan fingerprint density at radius 1 is 0.964 bits per heavy atom. The second-order valence-corrected chi connectivity index (χ2v) is 7.57. The highest BCUT2D eigenvalue weighted by molar-refractivity contribution is 7.92. The van der Waals surface area contributed by atoms with E-state index < -0.39 is 16.0 Å². The smallest absolute Gasteiger partial charge is 0.338 e. The lowest BCUT2D eigenvalue weighted by Crippen LogP contribution is -2.13. The second kappa shape index (κ2) is 8.37. The topological polar surface area (TPSA) is 96.3 Å². The molecule has 3 rings (SSSR count). The molecular weight excluding hydrogens is 376 g/mol. The van der Waals surface area contributed by atoms with Gasteiger partial charge in [0.2, 0.25) is 0 Å². The summed E-state index contributed by atoms with van der Waals surface area (Å²) >= 11 is 0. The van der Waals surface area contributed by atoms with Crippen molar-refractivity contribution in [1.82, 2.24) is 0 Å². The number of nitrogens with zero attached hydrogens (tertiary/aromatic N) is 1. The van der Waals surface area contributed by atoms with E-state index in [4.69, 9.17) is 10.00 Å². The number of hydrogen-bond donors (Lipinski definition) is 1. The summed E-state index contributed by atoms with van der Waals surface area (Å²) in [7, 11) is -3.75. The quantitative estimate of drug-likeness (QED) is 0.645. The Kier molecular flexibility index (Phi) is 5.72. The van der Waals surface area contributed by atoms with Crippen LogP contribution in [-0.2, 0) is 21.4 Å². The van der Waals surface area contributed by atoms with Crippen LogP contribution in [0.2, 0.25) is 0 Å². The Morgan fingerprint density at radius 2 is 1.71 bits per heavy atom. The van der Waals surface area contributed by atoms with Gasteiger partial charge in [0.25, 0.3) is 10.0 Å². The van der Waals surface area contributed by atoms with E-state index in [1.165, 1.54) is 24.3 Å². The fraction of sp³-hybridized carbons (Fsp3) is 0.0476. The molecule has 0 heterocycles. The van der Waals surface area contributed by atoms with Crippen LogP contribution < -0.4 is 4.72 Å². The highest BCUT2D eigenvalue weighted by Crippen LogP contribution is 2.18. The first-order chi connectivity index (χ1) is 13.5. The molecule has 0 aliphatic heterocycles. The molecule has 0 bridgehead atoms. The standard InChI is InChI=1S/C21H16N2O4S/c22-14-16-6-4-7-17(12-16)15-27-21(24)18-8-5-9-19(13-18)23-28(25,26)20-10-2-1-3-11-20/h1-13,23H,15H2. The Balaban J connectivity index is 1.70. The lowest BCUT2D eigenvalue weighted by atomic mass is 10.1. The number of anilines is 1. The molecule has 0 saturated heterocycles. The van der Waals surface area contributed by atoms with Gasteiger partial charge in [0, 0.05) is 5.69 Å². The summed E-state index contributed by atoms with van der Waals surface area (Å²) in [6.07, 6.45) is 0. The van der Waals surface area contributed by atoms with E-state index in [9.17, 15) is 13.2 Å². The third-order valence-electron chi connectivity index (χ3n) is 3.83. The molecule has 0 amide bonds. The molecule has 0 aliphatic carbocycles. The van der Waals surface area contributed by atoms with E-state index in [0.717, 1.165) is 0 Å². The zero-order valence-corrected chi connectivity index (χ0v) is 15.5. The fourth-order valence-electron chi connectivity index (χ4n) is 2.49. The molecule has 0 fully saturated rings. The van der Waals surface area contributed by atoms with Gasteiger partial charge in [-0.25, -0.2) is 13.2 Å². The Hall–Kier alpha value is -3.63. The van der Waals surface area contributed by atoms with Gasteiger partial charge < -0.3 is 4.74 Å². The largest absolute Gasteiger partial charge is 0.457 e. The van der Waals surface area contributed by atoms with Gasteiger partial charge in [-0.3, -0.25) is 4.72 Å². The molecule has 0 atom stereocenters. The maximum absolute atomic E-state index is 12.4. The molecule has 0 saturated carbocycles. The summed E-state index contributed by atoms with van der Waals surface area (Å²) < 4.78 is 32.5. The number of ether oxygens (including phenoxy) is 1. The van der Waals surface area contributed by atoms with Crippen LogP contribution in [0.4, 0.5) is 5.69 Å². The average Bonchev–Trinajstić information content (AvgIpc) is 2.72. The molecule has 140 valence electrons. The van der Waals surface area contributed by atoms with Crippen molar-refractivity contribution in [3.8, 4) is 6.07 Å². The summed E-state index contributed by atoms with van der Waals surface area (Å²) in [6.45, 7) is 0.00826. The van der Waals surface area contributed by atoms with Gasteiger partial charge in [-0.1, -0.05) is 36.4 Å². The summed E-state index contributed by atoms with van der Waals surface area (Å²) in [6, 6.07) is 22.8. The number of sulfonamides is 1. The lowest BCUT2D eigenvalue weighted by Gasteiger charge is -2.10. The summed E-state index contributed by atoms with van der Waals surface area (Å²) in [4.78, 5) is 12.4. The third kappa shape index (κ3) is 4.75. The summed E-state index contributed by atoms with van der Waals surface area (Å²) in [5.41, 5.74) is 1.63. The van der Waals surface area contributed by atoms with Crippen LogP contribution in [0.3, 0.4) is 0 Å². The lowest BCUT2D eigenvalue weighted by molar-refractivity contribution is 0.0472. The number of nitrogens with one attached hydrogen (secondary N) is 1. The molecular formula is C21H16N2O4S. The van der Waals surface area contributed by atoms with E-state index in [-0.39, 0.29) is 22.8 Å². The minimum Gasteiger partial charge on any atom is -0.457 e. The Bertz CT molecular complexity index is 1140. The Morgan fingerprint density at radius 3 is 2.46 bits per heavy atom. The van der Waals surface area contributed by atoms with Gasteiger partial charge in [-0.05, 0) is 48.0 Å². The van der Waals surface area contributed by atoms with Crippen LogP contribution in [-0.4, -0.2) is 14.4 Å². The highest BCUT2D eigenvalue weighted by Gasteiger charge is 2.15. The Labute approximate surface area is 163 Å². The molecule has 0 aliphatic rings. The van der Waals surface area contributed by atoms with Crippen LogP contribution in [0.1, 0.15) is 21.5 Å². The van der Waals surface area contributed by atoms with Crippen molar-refractivity contribution < 1.29 is 17.9 Å². The predicted molar refractivity (Wildman–Crippen MR) is 104 cm³/mol. The molecule has 7 heteroatoms. The number of benzene rings is 3. The number of hydrogen-bond acceptors (Lipinski definition) is 5. The number of rotatable bonds is 6. The predicted octanol–water partition coefficient (Wildman–Crippen LogP) is 3.72. The van der Waals surface area contributed by atoms with Crippen molar-refractivity contribution in [3.05, 3.63) is 95.6 Å². The van der Waals surface area contributed by atoms with Crippen LogP contribution in [0.5, 0.6) is 0 Å². The van der Waals surface area contributed by atoms with E-state index in [1.54, 1.807) is 54.6 Å². The molecule has 0 spiro atoms. The molecule has 0 aromatic heterocycles. The van der Waals surface area contributed by atoms with Crippen molar-refractivity contribution in [1.29, 1.82) is 5.26 Å². The third-order valence-corrected chi connectivity index (χ3v) is 5.23. The van der Waals surface area contributed by atoms with Crippen LogP contribution in [0.25, 0.3) is 0 Å². The molecule has 28 heavy (non-hydrogen) atoms. The van der Waals surface area contributed by atoms with Crippen molar-refractivity contribution in [2.75, 3.05) is 4.72 Å². The maximum atomic E-state index is 12.4. The first-order valence-electron chi connectivity index (χ1n) is 8.32. The maximum Gasteiger partial charge on any atom is 0.338 e. The molecule has 3 aromatic carbocycles. The first-order valence-corrected chi connectivity index (χ1v) is 9.80. The van der Waals surface area contributed by atoms with E-state index in [2.05, 4.69) is 4.72 Å². The molecule has 3 aromatic rings. The number of esters is 1. The van der Waals surface area contributed by atoms with Crippen molar-refractivity contribution in [2.24, 2.45) is 0 Å². The average molecular weight is 392 g/mol. The fourth-order valence-corrected chi connectivity index (χ4v) is 3.56. The molecule has 1 N–H and O–H groups in total. The zero-order valence-electron chi connectivity index (χ0n) is 14.7. The van der Waals surface area contributed by atoms with Crippen molar-refractivity contribution in [3.63, 3.8) is 0 Å². The van der Waals surface area contributed by atoms with Gasteiger partial charge in [0.1, 0.15) is 6.61 Å². The molecule has 0 radical (unpaired) electrons. The molecule has 6 nitrogen and oxygen atoms in total. The summed E-state index contributed by atoms with van der Waals surface area (Å²) in [5.74, 6) is -0.594. The number of carbonyl (C=O) groups is 1. The van der Waals surface area contributed by atoms with Crippen molar-refractivity contribution >= 4 is 21.7 Å². The monoisotopic (exact) mass is 392 g/mol. The first kappa shape index (κ1) is 19.1. The van der Waals surface area contributed by atoms with Crippen LogP contribution >= 0.6 is 0 Å². The normalized spacial score (nSPS) is 10.7. The van der Waals surface area contributed by atoms with Gasteiger partial charge in [0.15, 0.2) is 0 Å². The SMILES string of the molecule is N#Cc1cccc(COC(=O)c2cccc(NS(=O)(=O)c3ccccc3)c2)c1. The van der Waals surface area contributed by atoms with Gasteiger partial charge >= 0.3 is 5.97 Å². The van der Waals surface area contributed by atoms with Gasteiger partial charge in [-0.2, -0.15) is 5.26 Å². The number of carbonyl (C=O) groups excluding carboxylic acids is 1. The van der Waals surface area contributed by atoms with E-state index >= 15 is 0 Å². The van der Waals surface area contributed by atoms with E-state index in [0.29, 0.717) is 11.1 Å². The number of nitriles is 1. The zero-order chi connectivity index (χ0) is 20.0. The summed E-state index contributed by atoms with van der Waals surface area (Å²) in [5, 5.41) is 8.91. The molecule has 0 unspecified atom stereocenters. The van der Waals surface area contributed by atoms with Crippen LogP contribution in [0.15, 0.2) is 83.8 Å². The van der Waals surface area contributed by atoms with Crippen LogP contribution in [0, 0.1) is 11.3 Å². The van der Waals surface area contributed by atoms with E-state index in [1.807, 2.05) is 6.07 Å². The van der Waals surface area contributed by atoms with Crippen molar-refractivity contribution in [2.45, 2.75) is 11.5 Å². The second-order valence-electron chi connectivity index (χ2n) is 5.89. The minimum absolute atomic E-state index is 0.00826. The van der Waals surface area contributed by atoms with Gasteiger partial charge in [-0.15, -0.1) is 0 Å². The highest BCUT2D eigenvalue weighted by atomic mass is 32.2. The minimum atomic E-state index is -3.75.